The van der Waals surface area contributed by atoms with E-state index in [0.717, 1.165) is 5.56 Å². The smallest absolute Gasteiger partial charge is 0.273 e. The number of amides is 1. The molecule has 0 spiro atoms. The third-order valence-electron chi connectivity index (χ3n) is 4.46. The van der Waals surface area contributed by atoms with E-state index in [1.165, 1.54) is 29.5 Å². The predicted octanol–water partition coefficient (Wildman–Crippen LogP) is 4.07. The van der Waals surface area contributed by atoms with Crippen molar-refractivity contribution >= 4 is 5.91 Å². The Morgan fingerprint density at radius 1 is 1.11 bits per heavy atom. The van der Waals surface area contributed by atoms with E-state index in [1.54, 1.807) is 12.1 Å². The maximum absolute atomic E-state index is 13.2. The van der Waals surface area contributed by atoms with Gasteiger partial charge in [-0.1, -0.05) is 36.4 Å². The maximum atomic E-state index is 13.2. The van der Waals surface area contributed by atoms with Crippen LogP contribution in [0, 0.1) is 12.7 Å². The predicted molar refractivity (Wildman–Crippen MR) is 105 cm³/mol. The van der Waals surface area contributed by atoms with Crippen LogP contribution in [0.1, 0.15) is 40.0 Å². The number of hydrogen-bond donors (Lipinski definition) is 1. The Kier molecular flexibility index (Phi) is 6.55. The van der Waals surface area contributed by atoms with E-state index in [-0.39, 0.29) is 17.4 Å². The van der Waals surface area contributed by atoms with Gasteiger partial charge in [0.25, 0.3) is 5.91 Å². The van der Waals surface area contributed by atoms with Crippen LogP contribution in [-0.2, 0) is 19.6 Å². The lowest BCUT2D eigenvalue weighted by Crippen LogP contribution is -2.24. The minimum Gasteiger partial charge on any atom is -0.447 e. The number of aromatic nitrogens is 1. The summed E-state index contributed by atoms with van der Waals surface area (Å²) in [5.41, 5.74) is 3.65. The van der Waals surface area contributed by atoms with Gasteiger partial charge in [0.05, 0.1) is 6.54 Å². The van der Waals surface area contributed by atoms with Gasteiger partial charge in [0.15, 0.2) is 5.69 Å². The molecule has 0 aliphatic carbocycles. The zero-order valence-corrected chi connectivity index (χ0v) is 16.1. The fraction of sp³-hybridized carbons (Fsp3) is 0.273. The van der Waals surface area contributed by atoms with Crippen LogP contribution in [0.15, 0.2) is 59.2 Å². The second-order valence-corrected chi connectivity index (χ2v) is 6.68. The molecule has 5 nitrogen and oxygen atoms in total. The molecule has 1 N–H and O–H groups in total. The van der Waals surface area contributed by atoms with Gasteiger partial charge in [-0.05, 0) is 42.7 Å². The highest BCUT2D eigenvalue weighted by molar-refractivity contribution is 5.91. The van der Waals surface area contributed by atoms with E-state index in [2.05, 4.69) is 34.3 Å². The molecule has 1 amide bonds. The SMILES string of the molecule is CCNC(=O)c1coc(CN(Cc2ccc(F)cc2)Cc2ccccc2C)n1. The van der Waals surface area contributed by atoms with Crippen LogP contribution in [-0.4, -0.2) is 22.3 Å². The van der Waals surface area contributed by atoms with Crippen molar-refractivity contribution in [2.75, 3.05) is 6.54 Å². The van der Waals surface area contributed by atoms with Crippen LogP contribution in [0.25, 0.3) is 0 Å². The van der Waals surface area contributed by atoms with Gasteiger partial charge >= 0.3 is 0 Å². The van der Waals surface area contributed by atoms with Crippen molar-refractivity contribution in [2.24, 2.45) is 0 Å². The quantitative estimate of drug-likeness (QED) is 0.639. The summed E-state index contributed by atoms with van der Waals surface area (Å²) in [7, 11) is 0. The zero-order chi connectivity index (χ0) is 19.9. The number of rotatable bonds is 8. The van der Waals surface area contributed by atoms with Crippen molar-refractivity contribution in [1.29, 1.82) is 0 Å². The number of oxazole rings is 1. The number of hydrogen-bond acceptors (Lipinski definition) is 4. The van der Waals surface area contributed by atoms with E-state index >= 15 is 0 Å². The molecule has 0 fully saturated rings. The van der Waals surface area contributed by atoms with Crippen molar-refractivity contribution in [3.05, 3.63) is 88.9 Å². The number of nitrogens with one attached hydrogen (secondary N) is 1. The van der Waals surface area contributed by atoms with Gasteiger partial charge in [0.2, 0.25) is 5.89 Å². The Labute approximate surface area is 164 Å². The normalized spacial score (nSPS) is 11.0. The Morgan fingerprint density at radius 2 is 1.86 bits per heavy atom. The molecule has 3 rings (SSSR count). The summed E-state index contributed by atoms with van der Waals surface area (Å²) < 4.78 is 18.7. The standard InChI is InChI=1S/C22H24FN3O2/c1-3-24-22(27)20-15-28-21(25-20)14-26(12-17-8-10-19(23)11-9-17)13-18-7-5-4-6-16(18)2/h4-11,15H,3,12-14H2,1-2H3,(H,24,27). The van der Waals surface area contributed by atoms with Crippen LogP contribution >= 0.6 is 0 Å². The van der Waals surface area contributed by atoms with Crippen LogP contribution in [0.3, 0.4) is 0 Å². The lowest BCUT2D eigenvalue weighted by molar-refractivity contribution is 0.0950. The summed E-state index contributed by atoms with van der Waals surface area (Å²) in [4.78, 5) is 18.4. The molecule has 0 atom stereocenters. The Hall–Kier alpha value is -2.99. The van der Waals surface area contributed by atoms with Crippen molar-refractivity contribution in [3.63, 3.8) is 0 Å². The van der Waals surface area contributed by atoms with E-state index in [9.17, 15) is 9.18 Å². The maximum Gasteiger partial charge on any atom is 0.273 e. The van der Waals surface area contributed by atoms with E-state index in [0.29, 0.717) is 32.1 Å². The van der Waals surface area contributed by atoms with E-state index < -0.39 is 0 Å². The van der Waals surface area contributed by atoms with Gasteiger partial charge < -0.3 is 9.73 Å². The first kappa shape index (κ1) is 19.8. The Morgan fingerprint density at radius 3 is 2.57 bits per heavy atom. The molecule has 0 unspecified atom stereocenters. The first-order valence-electron chi connectivity index (χ1n) is 9.29. The summed E-state index contributed by atoms with van der Waals surface area (Å²) in [5, 5.41) is 2.71. The molecule has 1 aromatic heterocycles. The van der Waals surface area contributed by atoms with E-state index in [1.807, 2.05) is 19.1 Å². The molecule has 0 saturated heterocycles. The Balaban J connectivity index is 1.78. The van der Waals surface area contributed by atoms with Gasteiger partial charge in [-0.3, -0.25) is 9.69 Å². The van der Waals surface area contributed by atoms with Crippen LogP contribution in [0.2, 0.25) is 0 Å². The van der Waals surface area contributed by atoms with Gasteiger partial charge in [0.1, 0.15) is 12.1 Å². The van der Waals surface area contributed by atoms with Crippen molar-refractivity contribution < 1.29 is 13.6 Å². The van der Waals surface area contributed by atoms with Crippen LogP contribution < -0.4 is 5.32 Å². The highest BCUT2D eigenvalue weighted by Gasteiger charge is 2.16. The average Bonchev–Trinajstić information content (AvgIpc) is 3.14. The number of carbonyl (C=O) groups is 1. The molecule has 6 heteroatoms. The minimum absolute atomic E-state index is 0.249. The summed E-state index contributed by atoms with van der Waals surface area (Å²) in [6, 6.07) is 14.6. The van der Waals surface area contributed by atoms with Crippen LogP contribution in [0.4, 0.5) is 4.39 Å². The zero-order valence-electron chi connectivity index (χ0n) is 16.1. The van der Waals surface area contributed by atoms with Gasteiger partial charge in [0, 0.05) is 19.6 Å². The molecule has 1 heterocycles. The fourth-order valence-electron chi connectivity index (χ4n) is 2.97. The Bertz CT molecular complexity index is 922. The largest absolute Gasteiger partial charge is 0.447 e. The average molecular weight is 381 g/mol. The summed E-state index contributed by atoms with van der Waals surface area (Å²) in [5.74, 6) is -0.0353. The highest BCUT2D eigenvalue weighted by atomic mass is 19.1. The van der Waals surface area contributed by atoms with E-state index in [4.69, 9.17) is 4.42 Å². The number of aryl methyl sites for hydroxylation is 1. The molecule has 0 bridgehead atoms. The first-order valence-corrected chi connectivity index (χ1v) is 9.29. The molecule has 146 valence electrons. The summed E-state index contributed by atoms with van der Waals surface area (Å²) in [6.07, 6.45) is 1.38. The van der Waals surface area contributed by atoms with Gasteiger partial charge in [-0.15, -0.1) is 0 Å². The van der Waals surface area contributed by atoms with Crippen molar-refractivity contribution in [2.45, 2.75) is 33.5 Å². The third kappa shape index (κ3) is 5.27. The monoisotopic (exact) mass is 381 g/mol. The molecule has 0 radical (unpaired) electrons. The van der Waals surface area contributed by atoms with Gasteiger partial charge in [-0.25, -0.2) is 9.37 Å². The topological polar surface area (TPSA) is 58.4 Å². The summed E-state index contributed by atoms with van der Waals surface area (Å²) in [6.45, 7) is 6.18. The molecule has 28 heavy (non-hydrogen) atoms. The molecular weight excluding hydrogens is 357 g/mol. The fourth-order valence-corrected chi connectivity index (χ4v) is 2.97. The lowest BCUT2D eigenvalue weighted by atomic mass is 10.1. The van der Waals surface area contributed by atoms with Crippen molar-refractivity contribution in [1.82, 2.24) is 15.2 Å². The highest BCUT2D eigenvalue weighted by Crippen LogP contribution is 2.17. The molecule has 0 aliphatic heterocycles. The van der Waals surface area contributed by atoms with Crippen LogP contribution in [0.5, 0.6) is 0 Å². The second-order valence-electron chi connectivity index (χ2n) is 6.68. The number of halogens is 1. The number of benzene rings is 2. The summed E-state index contributed by atoms with van der Waals surface area (Å²) >= 11 is 0. The molecular formula is C22H24FN3O2. The minimum atomic E-state index is -0.256. The molecule has 0 aliphatic rings. The number of nitrogens with zero attached hydrogens (tertiary/aromatic N) is 2. The molecule has 3 aromatic rings. The second kappa shape index (κ2) is 9.28. The third-order valence-corrected chi connectivity index (χ3v) is 4.46. The van der Waals surface area contributed by atoms with Gasteiger partial charge in [-0.2, -0.15) is 0 Å². The lowest BCUT2D eigenvalue weighted by Gasteiger charge is -2.22. The van der Waals surface area contributed by atoms with Crippen molar-refractivity contribution in [3.8, 4) is 0 Å². The molecule has 0 saturated carbocycles. The number of carbonyl (C=O) groups excluding carboxylic acids is 1. The molecule has 2 aromatic carbocycles. The first-order chi connectivity index (χ1) is 13.5.